The van der Waals surface area contributed by atoms with E-state index in [1.807, 2.05) is 25.1 Å². The number of carbonyl (C=O) groups excluding carboxylic acids is 2. The number of alkyl halides is 2. The first-order valence-electron chi connectivity index (χ1n) is 20.1. The Hall–Kier alpha value is -3.10. The molecular weight excluding hydrogens is 762 g/mol. The van der Waals surface area contributed by atoms with Crippen LogP contribution in [-0.2, 0) is 31.4 Å². The molecule has 6 aliphatic rings. The predicted octanol–water partition coefficient (Wildman–Crippen LogP) is 6.16. The second-order valence-corrected chi connectivity index (χ2v) is 19.4. The molecule has 14 heteroatoms. The average Bonchev–Trinajstić information content (AvgIpc) is 3.31. The van der Waals surface area contributed by atoms with Crippen LogP contribution in [0.3, 0.4) is 0 Å². The molecule has 2 bridgehead atoms. The summed E-state index contributed by atoms with van der Waals surface area (Å²) >= 11 is 6.40. The molecule has 4 heterocycles. The Morgan fingerprint density at radius 3 is 2.66 bits per heavy atom. The van der Waals surface area contributed by atoms with Crippen LogP contribution in [0.2, 0.25) is 5.02 Å². The first kappa shape index (κ1) is 41.1. The van der Waals surface area contributed by atoms with Gasteiger partial charge in [-0.1, -0.05) is 30.7 Å². The number of fused-ring (bicyclic) bond motifs is 5. The predicted molar refractivity (Wildman–Crippen MR) is 213 cm³/mol. The fourth-order valence-electron chi connectivity index (χ4n) is 9.74. The summed E-state index contributed by atoms with van der Waals surface area (Å²) in [6, 6.07) is 11.3. The number of aryl methyl sites for hydroxylation is 1. The zero-order valence-corrected chi connectivity index (χ0v) is 34.1. The van der Waals surface area contributed by atoms with Crippen molar-refractivity contribution >= 4 is 39.5 Å². The molecule has 2 N–H and O–H groups in total. The summed E-state index contributed by atoms with van der Waals surface area (Å²) in [7, 11) is -2.41. The third kappa shape index (κ3) is 8.26. The summed E-state index contributed by atoms with van der Waals surface area (Å²) in [5, 5.41) is 3.02. The van der Waals surface area contributed by atoms with Crippen molar-refractivity contribution in [1.82, 2.24) is 14.9 Å². The molecule has 56 heavy (non-hydrogen) atoms. The number of piperazine rings is 1. The van der Waals surface area contributed by atoms with Crippen LogP contribution in [-0.4, -0.2) is 101 Å². The van der Waals surface area contributed by atoms with E-state index >= 15 is 0 Å². The van der Waals surface area contributed by atoms with Crippen molar-refractivity contribution in [1.29, 1.82) is 0 Å². The fourth-order valence-corrected chi connectivity index (χ4v) is 11.2. The van der Waals surface area contributed by atoms with E-state index in [2.05, 4.69) is 32.0 Å². The Bertz CT molecular complexity index is 1930. The Morgan fingerprint density at radius 1 is 1.09 bits per heavy atom. The molecule has 3 fully saturated rings. The number of hydrogen-bond acceptors (Lipinski definition) is 9. The zero-order chi connectivity index (χ0) is 39.9. The van der Waals surface area contributed by atoms with E-state index in [9.17, 15) is 26.8 Å². The average molecular weight is 817 g/mol. The maximum atomic E-state index is 13.4. The smallest absolute Gasteiger partial charge is 0.264 e. The highest BCUT2D eigenvalue weighted by Crippen LogP contribution is 2.48. The van der Waals surface area contributed by atoms with Crippen LogP contribution in [0.25, 0.3) is 0 Å². The van der Waals surface area contributed by atoms with Crippen LogP contribution in [0.4, 0.5) is 14.5 Å². The van der Waals surface area contributed by atoms with Gasteiger partial charge < -0.3 is 19.7 Å². The first-order chi connectivity index (χ1) is 26.7. The molecule has 1 amide bonds. The number of aldehydes is 1. The Morgan fingerprint density at radius 2 is 1.91 bits per heavy atom. The van der Waals surface area contributed by atoms with Crippen molar-refractivity contribution in [2.45, 2.75) is 93.4 Å². The molecule has 2 aromatic rings. The van der Waals surface area contributed by atoms with Gasteiger partial charge in [0, 0.05) is 87.2 Å². The van der Waals surface area contributed by atoms with Gasteiger partial charge in [0.1, 0.15) is 11.4 Å². The molecule has 0 aromatic heterocycles. The van der Waals surface area contributed by atoms with Gasteiger partial charge in [-0.05, 0) is 105 Å². The van der Waals surface area contributed by atoms with Gasteiger partial charge in [0.2, 0.25) is 10.0 Å². The topological polar surface area (TPSA) is 117 Å². The maximum Gasteiger partial charge on any atom is 0.264 e. The summed E-state index contributed by atoms with van der Waals surface area (Å²) in [5.41, 5.74) is 2.05. The molecule has 2 aliphatic carbocycles. The van der Waals surface area contributed by atoms with Gasteiger partial charge >= 0.3 is 0 Å². The Balaban J connectivity index is 0.000000339. The first-order valence-corrected chi connectivity index (χ1v) is 22.0. The maximum absolute atomic E-state index is 13.4. The molecular formula is C42H55ClF2N4O6S. The SMILES string of the molecule is CO[C@]1(C=O)/C=C/C[C@H](C)[C@@H](C)S(=O)(=O)NC(=O)c2ccc3c(c2)N(C[C@@H]2CC[C@H]21)C[C@@]1(CCCc2cc(Cl)ccc21)CO3.FC1(F)CCN2CCNCC2C1. The Kier molecular flexibility index (Phi) is 11.9. The number of nitrogens with one attached hydrogen (secondary N) is 2. The summed E-state index contributed by atoms with van der Waals surface area (Å²) in [5.74, 6) is -2.62. The molecule has 4 aliphatic heterocycles. The molecule has 1 unspecified atom stereocenters. The minimum absolute atomic E-state index is 0.0417. The molecule has 0 radical (unpaired) electrons. The van der Waals surface area contributed by atoms with Gasteiger partial charge in [-0.2, -0.15) is 0 Å². The summed E-state index contributed by atoms with van der Waals surface area (Å²) in [6.07, 6.45) is 9.74. The number of allylic oxidation sites excluding steroid dienone is 1. The molecule has 8 rings (SSSR count). The van der Waals surface area contributed by atoms with Crippen LogP contribution in [0.5, 0.6) is 5.75 Å². The van der Waals surface area contributed by atoms with Crippen molar-refractivity contribution in [2.24, 2.45) is 17.8 Å². The number of carbonyl (C=O) groups is 2. The van der Waals surface area contributed by atoms with Gasteiger partial charge in [0.15, 0.2) is 6.29 Å². The van der Waals surface area contributed by atoms with Crippen LogP contribution >= 0.6 is 11.6 Å². The van der Waals surface area contributed by atoms with E-state index < -0.39 is 32.7 Å². The lowest BCUT2D eigenvalue weighted by molar-refractivity contribution is -0.135. The zero-order valence-electron chi connectivity index (χ0n) is 32.6. The second-order valence-electron chi connectivity index (χ2n) is 16.9. The highest BCUT2D eigenvalue weighted by Gasteiger charge is 2.49. The van der Waals surface area contributed by atoms with Crippen molar-refractivity contribution in [3.63, 3.8) is 0 Å². The van der Waals surface area contributed by atoms with Gasteiger partial charge in [0.05, 0.1) is 17.5 Å². The summed E-state index contributed by atoms with van der Waals surface area (Å²) in [4.78, 5) is 30.5. The van der Waals surface area contributed by atoms with Crippen molar-refractivity contribution < 1.29 is 36.3 Å². The molecule has 306 valence electrons. The number of rotatable bonds is 2. The lowest BCUT2D eigenvalue weighted by Crippen LogP contribution is -2.56. The number of hydrogen-bond donors (Lipinski definition) is 2. The highest BCUT2D eigenvalue weighted by molar-refractivity contribution is 7.90. The van der Waals surface area contributed by atoms with Crippen LogP contribution in [0.1, 0.15) is 80.3 Å². The van der Waals surface area contributed by atoms with Crippen LogP contribution in [0.15, 0.2) is 48.6 Å². The molecule has 7 atom stereocenters. The van der Waals surface area contributed by atoms with Gasteiger partial charge in [-0.15, -0.1) is 0 Å². The van der Waals surface area contributed by atoms with E-state index in [1.54, 1.807) is 32.2 Å². The summed E-state index contributed by atoms with van der Waals surface area (Å²) < 4.78 is 67.2. The fraction of sp³-hybridized carbons (Fsp3) is 0.619. The lowest BCUT2D eigenvalue weighted by Gasteiger charge is -2.48. The number of methoxy groups -OCH3 is 1. The third-order valence-corrected chi connectivity index (χ3v) is 15.6. The molecule has 1 saturated carbocycles. The van der Waals surface area contributed by atoms with Crippen molar-refractivity contribution in [3.8, 4) is 5.75 Å². The van der Waals surface area contributed by atoms with E-state index in [1.165, 1.54) is 11.1 Å². The van der Waals surface area contributed by atoms with E-state index in [-0.39, 0.29) is 47.6 Å². The van der Waals surface area contributed by atoms with E-state index in [0.717, 1.165) is 63.7 Å². The van der Waals surface area contributed by atoms with Crippen LogP contribution in [0, 0.1) is 17.8 Å². The highest BCUT2D eigenvalue weighted by atomic mass is 35.5. The molecule has 2 saturated heterocycles. The number of anilines is 1. The number of piperidine rings is 1. The van der Waals surface area contributed by atoms with E-state index in [4.69, 9.17) is 21.1 Å². The standard InChI is InChI=1S/C34H41ClN2O6S.C8H14F2N2/c1-22-6-4-15-34(20-38,42-3)29-11-8-26(29)18-37-19-33(14-5-7-24-16-27(35)10-12-28(24)33)21-43-31-13-9-25(17-30(31)37)32(39)36-44(40,41)23(22)2;9-8(10)1-3-12-4-2-11-6-7(12)5-8/h4,9-10,12-13,15-17,20,22-23,26,29H,5-8,11,14,18-19,21H2,1-3H3,(H,36,39);7,11H,1-6H2/b15-4+;/t22-,23+,26-,29+,33-,34-;/m0./s1. The molecule has 2 aromatic carbocycles. The monoisotopic (exact) mass is 816 g/mol. The number of sulfonamides is 1. The number of nitrogens with zero attached hydrogens (tertiary/aromatic N) is 2. The second kappa shape index (κ2) is 16.3. The van der Waals surface area contributed by atoms with Gasteiger partial charge in [-0.25, -0.2) is 21.9 Å². The number of halogens is 3. The third-order valence-electron chi connectivity index (χ3n) is 13.5. The quantitative estimate of drug-likeness (QED) is 0.272. The number of ether oxygens (including phenoxy) is 2. The minimum Gasteiger partial charge on any atom is -0.490 e. The minimum atomic E-state index is -3.97. The number of amides is 1. The number of benzene rings is 2. The van der Waals surface area contributed by atoms with Crippen LogP contribution < -0.4 is 19.7 Å². The summed E-state index contributed by atoms with van der Waals surface area (Å²) in [6.45, 7) is 8.35. The normalized spacial score (nSPS) is 34.4. The largest absolute Gasteiger partial charge is 0.490 e. The van der Waals surface area contributed by atoms with Gasteiger partial charge in [-0.3, -0.25) is 14.5 Å². The Labute approximate surface area is 334 Å². The van der Waals surface area contributed by atoms with Crippen molar-refractivity contribution in [3.05, 3.63) is 70.3 Å². The molecule has 1 spiro atoms. The van der Waals surface area contributed by atoms with Crippen molar-refractivity contribution in [2.75, 3.05) is 57.9 Å². The van der Waals surface area contributed by atoms with Gasteiger partial charge in [0.25, 0.3) is 11.8 Å². The molecule has 10 nitrogen and oxygen atoms in total. The lowest BCUT2D eigenvalue weighted by atomic mass is 9.64. The van der Waals surface area contributed by atoms with E-state index in [0.29, 0.717) is 43.4 Å².